The average Bonchev–Trinajstić information content (AvgIpc) is 3.59. The molecular formula is C31H18N2OS. The Kier molecular flexibility index (Phi) is 3.82. The maximum atomic E-state index is 5.98. The van der Waals surface area contributed by atoms with Crippen LogP contribution in [-0.2, 0) is 0 Å². The van der Waals surface area contributed by atoms with Gasteiger partial charge in [0.2, 0.25) is 0 Å². The van der Waals surface area contributed by atoms with Crippen LogP contribution < -0.4 is 0 Å². The fourth-order valence-electron chi connectivity index (χ4n) is 5.28. The van der Waals surface area contributed by atoms with Crippen LogP contribution in [0.3, 0.4) is 0 Å². The van der Waals surface area contributed by atoms with Gasteiger partial charge in [0.25, 0.3) is 0 Å². The van der Waals surface area contributed by atoms with Crippen molar-refractivity contribution in [2.75, 3.05) is 0 Å². The van der Waals surface area contributed by atoms with Gasteiger partial charge in [-0.2, -0.15) is 0 Å². The zero-order valence-corrected chi connectivity index (χ0v) is 19.4. The van der Waals surface area contributed by atoms with E-state index >= 15 is 0 Å². The molecule has 4 heterocycles. The molecule has 0 atom stereocenters. The van der Waals surface area contributed by atoms with Gasteiger partial charge < -0.3 is 8.98 Å². The fourth-order valence-corrected chi connectivity index (χ4v) is 6.40. The summed E-state index contributed by atoms with van der Waals surface area (Å²) < 4.78 is 10.9. The molecule has 3 nitrogen and oxygen atoms in total. The number of rotatable bonds is 2. The molecule has 0 amide bonds. The zero-order chi connectivity index (χ0) is 22.9. The number of pyridine rings is 1. The molecule has 0 fully saturated rings. The highest BCUT2D eigenvalue weighted by Gasteiger charge is 2.19. The van der Waals surface area contributed by atoms with Crippen molar-refractivity contribution >= 4 is 64.4 Å². The highest BCUT2D eigenvalue weighted by Crippen LogP contribution is 2.41. The number of furan rings is 1. The third-order valence-corrected chi connectivity index (χ3v) is 8.04. The molecule has 0 unspecified atom stereocenters. The molecule has 8 rings (SSSR count). The van der Waals surface area contributed by atoms with Crippen molar-refractivity contribution in [1.82, 2.24) is 9.55 Å². The second kappa shape index (κ2) is 7.05. The molecule has 0 saturated heterocycles. The predicted molar refractivity (Wildman–Crippen MR) is 147 cm³/mol. The third kappa shape index (κ3) is 2.69. The van der Waals surface area contributed by atoms with Crippen LogP contribution in [0.15, 0.2) is 114 Å². The summed E-state index contributed by atoms with van der Waals surface area (Å²) in [6, 6.07) is 34.2. The Hall–Kier alpha value is -4.41. The molecule has 0 radical (unpaired) electrons. The Labute approximate surface area is 204 Å². The van der Waals surface area contributed by atoms with E-state index in [-0.39, 0.29) is 0 Å². The van der Waals surface area contributed by atoms with E-state index in [2.05, 4.69) is 83.4 Å². The number of para-hydroxylation sites is 1. The van der Waals surface area contributed by atoms with Gasteiger partial charge >= 0.3 is 0 Å². The lowest BCUT2D eigenvalue weighted by atomic mass is 10.1. The summed E-state index contributed by atoms with van der Waals surface area (Å²) in [6.45, 7) is 0. The number of hydrogen-bond donors (Lipinski definition) is 0. The van der Waals surface area contributed by atoms with E-state index in [1.165, 1.54) is 20.2 Å². The van der Waals surface area contributed by atoms with Crippen molar-refractivity contribution < 1.29 is 4.42 Å². The Balaban J connectivity index is 1.54. The normalized spacial score (nSPS) is 12.0. The van der Waals surface area contributed by atoms with Gasteiger partial charge in [0, 0.05) is 42.7 Å². The van der Waals surface area contributed by atoms with Gasteiger partial charge in [-0.25, -0.2) is 0 Å². The summed E-state index contributed by atoms with van der Waals surface area (Å²) in [6.07, 6.45) is 3.86. The minimum absolute atomic E-state index is 0.882. The lowest BCUT2D eigenvalue weighted by molar-refractivity contribution is 0.614. The van der Waals surface area contributed by atoms with E-state index in [0.717, 1.165) is 49.7 Å². The van der Waals surface area contributed by atoms with Crippen molar-refractivity contribution in [1.29, 1.82) is 0 Å². The molecular weight excluding hydrogens is 448 g/mol. The number of benzene rings is 4. The van der Waals surface area contributed by atoms with Gasteiger partial charge in [-0.3, -0.25) is 4.98 Å². The van der Waals surface area contributed by atoms with Crippen LogP contribution in [0.4, 0.5) is 0 Å². The van der Waals surface area contributed by atoms with Crippen LogP contribution in [0.1, 0.15) is 0 Å². The minimum atomic E-state index is 0.882. The van der Waals surface area contributed by atoms with Crippen molar-refractivity contribution in [3.63, 3.8) is 0 Å². The number of thiophene rings is 1. The molecule has 0 N–H and O–H groups in total. The van der Waals surface area contributed by atoms with E-state index in [0.29, 0.717) is 0 Å². The molecule has 164 valence electrons. The first kappa shape index (κ1) is 19.0. The fraction of sp³-hybridized carbons (Fsp3) is 0. The molecule has 4 heteroatoms. The number of hydrogen-bond acceptors (Lipinski definition) is 3. The quantitative estimate of drug-likeness (QED) is 0.255. The van der Waals surface area contributed by atoms with Crippen LogP contribution in [0.2, 0.25) is 0 Å². The second-order valence-electron chi connectivity index (χ2n) is 8.87. The maximum absolute atomic E-state index is 5.98. The number of fused-ring (bicyclic) bond motifs is 7. The van der Waals surface area contributed by atoms with Crippen LogP contribution in [-0.4, -0.2) is 9.55 Å². The standard InChI is InChI=1S/C31H18N2OS/c1-2-8-19(9-3-1)20-14-26-31(32-17-20)24-15-23-21-10-5-7-13-29(21)35-30(23)16-25(24)33(26)27-18-34-28-12-6-4-11-22(27)28/h1-18H. The van der Waals surface area contributed by atoms with Crippen molar-refractivity contribution in [3.8, 4) is 16.8 Å². The molecule has 0 saturated carbocycles. The van der Waals surface area contributed by atoms with Crippen LogP contribution in [0, 0.1) is 0 Å². The van der Waals surface area contributed by atoms with Gasteiger partial charge in [-0.05, 0) is 42.0 Å². The summed E-state index contributed by atoms with van der Waals surface area (Å²) in [5.41, 5.74) is 7.39. The minimum Gasteiger partial charge on any atom is -0.462 e. The number of nitrogens with zero attached hydrogens (tertiary/aromatic N) is 2. The van der Waals surface area contributed by atoms with E-state index in [1.54, 1.807) is 0 Å². The van der Waals surface area contributed by atoms with Gasteiger partial charge in [-0.15, -0.1) is 11.3 Å². The molecule has 0 bridgehead atoms. The molecule has 4 aromatic carbocycles. The molecule has 0 spiro atoms. The smallest absolute Gasteiger partial charge is 0.136 e. The van der Waals surface area contributed by atoms with E-state index in [4.69, 9.17) is 9.40 Å². The molecule has 4 aromatic heterocycles. The van der Waals surface area contributed by atoms with Crippen molar-refractivity contribution in [3.05, 3.63) is 110 Å². The van der Waals surface area contributed by atoms with Crippen LogP contribution in [0.5, 0.6) is 0 Å². The van der Waals surface area contributed by atoms with Gasteiger partial charge in [0.15, 0.2) is 0 Å². The first-order valence-corrected chi connectivity index (χ1v) is 12.4. The Bertz CT molecular complexity index is 2060. The predicted octanol–water partition coefficient (Wildman–Crippen LogP) is 8.96. The van der Waals surface area contributed by atoms with Crippen LogP contribution in [0.25, 0.3) is 69.9 Å². The molecule has 8 aromatic rings. The van der Waals surface area contributed by atoms with Gasteiger partial charge in [0.05, 0.1) is 22.2 Å². The van der Waals surface area contributed by atoms with Gasteiger partial charge in [-0.1, -0.05) is 60.7 Å². The summed E-state index contributed by atoms with van der Waals surface area (Å²) >= 11 is 1.84. The van der Waals surface area contributed by atoms with E-state index in [1.807, 2.05) is 42.0 Å². The van der Waals surface area contributed by atoms with Gasteiger partial charge in [0.1, 0.15) is 11.8 Å². The Morgan fingerprint density at radius 1 is 0.629 bits per heavy atom. The number of aromatic nitrogens is 2. The third-order valence-electron chi connectivity index (χ3n) is 6.91. The first-order valence-electron chi connectivity index (χ1n) is 11.6. The highest BCUT2D eigenvalue weighted by atomic mass is 32.1. The molecule has 0 aliphatic rings. The zero-order valence-electron chi connectivity index (χ0n) is 18.6. The Morgan fingerprint density at radius 3 is 2.34 bits per heavy atom. The summed E-state index contributed by atoms with van der Waals surface area (Å²) in [5, 5.41) is 4.82. The van der Waals surface area contributed by atoms with Crippen molar-refractivity contribution in [2.45, 2.75) is 0 Å². The Morgan fingerprint density at radius 2 is 1.43 bits per heavy atom. The molecule has 0 aliphatic carbocycles. The highest BCUT2D eigenvalue weighted by molar-refractivity contribution is 7.25. The SMILES string of the molecule is c1ccc(-c2cnc3c4cc5c(cc4n(-c4coc6ccccc46)c3c2)sc2ccccc25)cc1. The second-order valence-corrected chi connectivity index (χ2v) is 9.96. The summed E-state index contributed by atoms with van der Waals surface area (Å²) in [5.74, 6) is 0. The summed E-state index contributed by atoms with van der Waals surface area (Å²) in [7, 11) is 0. The monoisotopic (exact) mass is 466 g/mol. The molecule has 35 heavy (non-hydrogen) atoms. The lowest BCUT2D eigenvalue weighted by Gasteiger charge is -2.07. The van der Waals surface area contributed by atoms with E-state index < -0.39 is 0 Å². The first-order chi connectivity index (χ1) is 17.3. The summed E-state index contributed by atoms with van der Waals surface area (Å²) in [4.78, 5) is 5.02. The van der Waals surface area contributed by atoms with E-state index in [9.17, 15) is 0 Å². The largest absolute Gasteiger partial charge is 0.462 e. The topological polar surface area (TPSA) is 31.0 Å². The average molecular weight is 467 g/mol. The lowest BCUT2D eigenvalue weighted by Crippen LogP contribution is -1.93. The maximum Gasteiger partial charge on any atom is 0.136 e. The molecule has 0 aliphatic heterocycles. The van der Waals surface area contributed by atoms with Crippen molar-refractivity contribution in [2.24, 2.45) is 0 Å². The van der Waals surface area contributed by atoms with Crippen LogP contribution >= 0.6 is 11.3 Å².